The number of likely N-dealkylation sites (tertiary alicyclic amines) is 1. The van der Waals surface area contributed by atoms with E-state index >= 15 is 0 Å². The number of hydrogen-bond acceptors (Lipinski definition) is 4. The number of halogens is 3. The second-order valence-corrected chi connectivity index (χ2v) is 7.37. The summed E-state index contributed by atoms with van der Waals surface area (Å²) in [7, 11) is 0. The van der Waals surface area contributed by atoms with Gasteiger partial charge in [-0.15, -0.1) is 0 Å². The van der Waals surface area contributed by atoms with Crippen molar-refractivity contribution in [2.75, 3.05) is 13.1 Å². The van der Waals surface area contributed by atoms with Gasteiger partial charge in [0.15, 0.2) is 5.82 Å². The molecule has 6 nitrogen and oxygen atoms in total. The van der Waals surface area contributed by atoms with E-state index in [9.17, 15) is 22.8 Å². The van der Waals surface area contributed by atoms with Crippen LogP contribution in [0.1, 0.15) is 35.6 Å². The van der Waals surface area contributed by atoms with Crippen LogP contribution >= 0.6 is 0 Å². The zero-order valence-corrected chi connectivity index (χ0v) is 16.5. The van der Waals surface area contributed by atoms with E-state index in [2.05, 4.69) is 4.98 Å². The smallest absolute Gasteiger partial charge is 0.320 e. The number of rotatable bonds is 5. The molecule has 1 saturated heterocycles. The maximum atomic E-state index is 13.5. The van der Waals surface area contributed by atoms with Crippen molar-refractivity contribution in [2.45, 2.75) is 26.0 Å². The fourth-order valence-electron chi connectivity index (χ4n) is 3.80. The molecular weight excluding hydrogens is 411 g/mol. The molecule has 3 aromatic rings. The van der Waals surface area contributed by atoms with Crippen LogP contribution in [-0.2, 0) is 16.1 Å². The molecule has 1 aliphatic rings. The molecule has 0 N–H and O–H groups in total. The van der Waals surface area contributed by atoms with Crippen molar-refractivity contribution in [1.29, 1.82) is 0 Å². The maximum absolute atomic E-state index is 13.5. The zero-order valence-electron chi connectivity index (χ0n) is 16.5. The average molecular weight is 431 g/mol. The van der Waals surface area contributed by atoms with E-state index in [0.717, 1.165) is 4.57 Å². The molecule has 2 aromatic carbocycles. The summed E-state index contributed by atoms with van der Waals surface area (Å²) >= 11 is 0. The highest BCUT2D eigenvalue weighted by Gasteiger charge is 2.30. The van der Waals surface area contributed by atoms with E-state index in [-0.39, 0.29) is 30.4 Å². The van der Waals surface area contributed by atoms with Crippen molar-refractivity contribution in [2.24, 2.45) is 5.92 Å². The molecule has 31 heavy (non-hydrogen) atoms. The molecule has 0 radical (unpaired) electrons. The van der Waals surface area contributed by atoms with Gasteiger partial charge in [0.2, 0.25) is 0 Å². The van der Waals surface area contributed by atoms with Crippen LogP contribution in [0.15, 0.2) is 48.5 Å². The third kappa shape index (κ3) is 4.40. The van der Waals surface area contributed by atoms with E-state index in [1.54, 1.807) is 18.2 Å². The molecule has 0 spiro atoms. The Balaban J connectivity index is 1.42. The number of benzene rings is 2. The Morgan fingerprint density at radius 2 is 1.87 bits per heavy atom. The lowest BCUT2D eigenvalue weighted by Crippen LogP contribution is -2.42. The van der Waals surface area contributed by atoms with Crippen molar-refractivity contribution in [1.82, 2.24) is 14.5 Å². The number of nitrogens with zero attached hydrogens (tertiary/aromatic N) is 3. The van der Waals surface area contributed by atoms with Gasteiger partial charge in [-0.2, -0.15) is 8.78 Å². The first-order valence-corrected chi connectivity index (χ1v) is 9.89. The number of para-hydroxylation sites is 2. The fraction of sp³-hybridized carbons (Fsp3) is 0.318. The summed E-state index contributed by atoms with van der Waals surface area (Å²) < 4.78 is 46.2. The van der Waals surface area contributed by atoms with Gasteiger partial charge in [-0.3, -0.25) is 14.2 Å². The molecule has 1 atom stereocenters. The van der Waals surface area contributed by atoms with Crippen LogP contribution in [0, 0.1) is 11.7 Å². The molecule has 9 heteroatoms. The standard InChI is InChI=1S/C22H20F3N3O3/c23-16-9-7-14(8-10-16)20(29)27-11-3-4-15(12-27)21(30)31-13-19-26-17-5-1-2-6-18(17)28(19)22(24)25/h1-2,5-10,15,22H,3-4,11-13H2. The minimum absolute atomic E-state index is 0.0420. The minimum Gasteiger partial charge on any atom is -0.457 e. The second kappa shape index (κ2) is 8.79. The lowest BCUT2D eigenvalue weighted by molar-refractivity contribution is -0.151. The number of esters is 1. The Morgan fingerprint density at radius 1 is 1.13 bits per heavy atom. The molecule has 2 heterocycles. The number of ether oxygens (including phenoxy) is 1. The van der Waals surface area contributed by atoms with Gasteiger partial charge in [-0.1, -0.05) is 12.1 Å². The minimum atomic E-state index is -2.82. The van der Waals surface area contributed by atoms with Crippen LogP contribution in [0.2, 0.25) is 0 Å². The molecule has 1 unspecified atom stereocenters. The van der Waals surface area contributed by atoms with Gasteiger partial charge < -0.3 is 9.64 Å². The fourth-order valence-corrected chi connectivity index (χ4v) is 3.80. The van der Waals surface area contributed by atoms with E-state index in [1.165, 1.54) is 35.2 Å². The van der Waals surface area contributed by atoms with Crippen molar-refractivity contribution in [3.63, 3.8) is 0 Å². The predicted octanol–water partition coefficient (Wildman–Crippen LogP) is 4.17. The molecule has 0 bridgehead atoms. The van der Waals surface area contributed by atoms with E-state index in [1.807, 2.05) is 0 Å². The van der Waals surface area contributed by atoms with Gasteiger partial charge in [0.25, 0.3) is 5.91 Å². The Bertz CT molecular complexity index is 1100. The van der Waals surface area contributed by atoms with Crippen LogP contribution < -0.4 is 0 Å². The number of alkyl halides is 2. The van der Waals surface area contributed by atoms with Gasteiger partial charge in [0.05, 0.1) is 17.0 Å². The summed E-state index contributed by atoms with van der Waals surface area (Å²) in [6.07, 6.45) is 1.12. The third-order valence-electron chi connectivity index (χ3n) is 5.34. The average Bonchev–Trinajstić information content (AvgIpc) is 3.16. The third-order valence-corrected chi connectivity index (χ3v) is 5.34. The molecule has 1 aromatic heterocycles. The van der Waals surface area contributed by atoms with Crippen LogP contribution in [0.4, 0.5) is 13.2 Å². The molecule has 0 saturated carbocycles. The highest BCUT2D eigenvalue weighted by Crippen LogP contribution is 2.25. The predicted molar refractivity (Wildman–Crippen MR) is 106 cm³/mol. The number of hydrogen-bond donors (Lipinski definition) is 0. The van der Waals surface area contributed by atoms with Crippen molar-refractivity contribution in [3.8, 4) is 0 Å². The summed E-state index contributed by atoms with van der Waals surface area (Å²) in [5.41, 5.74) is 0.987. The molecule has 1 aliphatic heterocycles. The van der Waals surface area contributed by atoms with Crippen LogP contribution in [0.25, 0.3) is 11.0 Å². The van der Waals surface area contributed by atoms with Gasteiger partial charge in [0.1, 0.15) is 12.4 Å². The summed E-state index contributed by atoms with van der Waals surface area (Å²) in [6, 6.07) is 11.7. The Morgan fingerprint density at radius 3 is 2.61 bits per heavy atom. The summed E-state index contributed by atoms with van der Waals surface area (Å²) in [6.45, 7) is -2.58. The largest absolute Gasteiger partial charge is 0.457 e. The Labute approximate surface area is 176 Å². The Kier molecular flexibility index (Phi) is 5.92. The number of aromatic nitrogens is 2. The number of fused-ring (bicyclic) bond motifs is 1. The monoisotopic (exact) mass is 431 g/mol. The van der Waals surface area contributed by atoms with E-state index in [0.29, 0.717) is 30.5 Å². The van der Waals surface area contributed by atoms with Crippen LogP contribution in [0.3, 0.4) is 0 Å². The lowest BCUT2D eigenvalue weighted by Gasteiger charge is -2.31. The Hall–Kier alpha value is -3.36. The van der Waals surface area contributed by atoms with Crippen LogP contribution in [-0.4, -0.2) is 39.4 Å². The van der Waals surface area contributed by atoms with Crippen LogP contribution in [0.5, 0.6) is 0 Å². The normalized spacial score (nSPS) is 16.6. The molecular formula is C22H20F3N3O3. The lowest BCUT2D eigenvalue weighted by atomic mass is 9.97. The van der Waals surface area contributed by atoms with Crippen molar-refractivity contribution in [3.05, 3.63) is 65.7 Å². The zero-order chi connectivity index (χ0) is 22.0. The molecule has 1 amide bonds. The maximum Gasteiger partial charge on any atom is 0.320 e. The highest BCUT2D eigenvalue weighted by molar-refractivity contribution is 5.94. The molecule has 4 rings (SSSR count). The number of amides is 1. The van der Waals surface area contributed by atoms with Gasteiger partial charge in [0, 0.05) is 18.7 Å². The number of piperidine rings is 1. The molecule has 0 aliphatic carbocycles. The first-order valence-electron chi connectivity index (χ1n) is 9.89. The summed E-state index contributed by atoms with van der Waals surface area (Å²) in [4.78, 5) is 30.9. The summed E-state index contributed by atoms with van der Waals surface area (Å²) in [5, 5.41) is 0. The topological polar surface area (TPSA) is 64.4 Å². The van der Waals surface area contributed by atoms with E-state index < -0.39 is 24.3 Å². The first kappa shape index (κ1) is 20.9. The second-order valence-electron chi connectivity index (χ2n) is 7.37. The van der Waals surface area contributed by atoms with Gasteiger partial charge in [-0.05, 0) is 49.2 Å². The van der Waals surface area contributed by atoms with Gasteiger partial charge >= 0.3 is 12.5 Å². The number of carbonyl (C=O) groups excluding carboxylic acids is 2. The molecule has 162 valence electrons. The summed E-state index contributed by atoms with van der Waals surface area (Å²) in [5.74, 6) is -1.91. The first-order chi connectivity index (χ1) is 14.9. The quantitative estimate of drug-likeness (QED) is 0.569. The van der Waals surface area contributed by atoms with E-state index in [4.69, 9.17) is 4.74 Å². The number of carbonyl (C=O) groups is 2. The van der Waals surface area contributed by atoms with Gasteiger partial charge in [-0.25, -0.2) is 9.37 Å². The van der Waals surface area contributed by atoms with Crippen molar-refractivity contribution < 1.29 is 27.5 Å². The highest BCUT2D eigenvalue weighted by atomic mass is 19.3. The SMILES string of the molecule is O=C(OCc1nc2ccccc2n1C(F)F)C1CCCN(C(=O)c2ccc(F)cc2)C1. The van der Waals surface area contributed by atoms with Crippen molar-refractivity contribution >= 4 is 22.9 Å². The number of imidazole rings is 1. The molecule has 1 fully saturated rings.